The van der Waals surface area contributed by atoms with Crippen molar-refractivity contribution in [3.63, 3.8) is 0 Å². The molecule has 3 rings (SSSR count). The summed E-state index contributed by atoms with van der Waals surface area (Å²) in [6.45, 7) is 1.16. The Labute approximate surface area is 119 Å². The molecule has 0 saturated carbocycles. The molecule has 2 aromatic carbocycles. The zero-order valence-electron chi connectivity index (χ0n) is 11.2. The molecule has 0 aliphatic heterocycles. The Morgan fingerprint density at radius 1 is 1.24 bits per heavy atom. The van der Waals surface area contributed by atoms with Crippen molar-refractivity contribution in [3.8, 4) is 0 Å². The molecule has 0 spiro atoms. The Hall–Kier alpha value is -2.30. The molecule has 1 aliphatic rings. The van der Waals surface area contributed by atoms with E-state index in [1.165, 1.54) is 6.07 Å². The van der Waals surface area contributed by atoms with Gasteiger partial charge in [0.1, 0.15) is 6.10 Å². The molecule has 0 amide bonds. The molecule has 1 unspecified atom stereocenters. The molecule has 0 heterocycles. The van der Waals surface area contributed by atoms with Gasteiger partial charge in [0.25, 0.3) is 0 Å². The van der Waals surface area contributed by atoms with Crippen LogP contribution in [-0.2, 0) is 9.53 Å². The fourth-order valence-electron chi connectivity index (χ4n) is 2.66. The topological polar surface area (TPSA) is 43.4 Å². The highest BCUT2D eigenvalue weighted by molar-refractivity contribution is 6.06. The number of ketones is 1. The van der Waals surface area contributed by atoms with Gasteiger partial charge in [-0.15, -0.1) is 0 Å². The summed E-state index contributed by atoms with van der Waals surface area (Å²) in [7, 11) is 0. The molecule has 1 aliphatic carbocycles. The summed E-state index contributed by atoms with van der Waals surface area (Å²) in [6.07, 6.45) is -1.91. The predicted octanol–water partition coefficient (Wildman–Crippen LogP) is 3.67. The zero-order chi connectivity index (χ0) is 15.2. The molecule has 0 saturated heterocycles. The van der Waals surface area contributed by atoms with Crippen molar-refractivity contribution in [1.82, 2.24) is 0 Å². The van der Waals surface area contributed by atoms with Gasteiger partial charge in [0.2, 0.25) is 5.78 Å². The lowest BCUT2D eigenvalue weighted by atomic mass is 9.84. The Kier molecular flexibility index (Phi) is 3.01. The van der Waals surface area contributed by atoms with Crippen LogP contribution in [-0.4, -0.2) is 17.7 Å². The zero-order valence-corrected chi connectivity index (χ0v) is 11.2. The first-order valence-electron chi connectivity index (χ1n) is 6.51. The average Bonchev–Trinajstić information content (AvgIpc) is 2.42. The number of carbonyl (C=O) groups excluding carboxylic acids is 2. The highest BCUT2D eigenvalue weighted by Crippen LogP contribution is 2.42. The number of Topliss-reactive ketones (excluding diaryl/α,β-unsaturated/α-hetero) is 1. The fraction of sp³-hybridized carbons (Fsp3) is 0.250. The predicted molar refractivity (Wildman–Crippen MR) is 72.3 cm³/mol. The van der Waals surface area contributed by atoms with Gasteiger partial charge in [0.15, 0.2) is 0 Å². The lowest BCUT2D eigenvalue weighted by Crippen LogP contribution is -2.37. The molecule has 0 fully saturated rings. The maximum absolute atomic E-state index is 13.8. The second-order valence-electron chi connectivity index (χ2n) is 5.12. The van der Waals surface area contributed by atoms with Gasteiger partial charge in [-0.3, -0.25) is 9.59 Å². The van der Waals surface area contributed by atoms with Crippen LogP contribution in [0.3, 0.4) is 0 Å². The monoisotopic (exact) mass is 290 g/mol. The van der Waals surface area contributed by atoms with Crippen molar-refractivity contribution in [2.24, 2.45) is 0 Å². The SMILES string of the molecule is CC(=O)OC1CC(F)(F)C(=O)c2cc3ccccc3cc21. The summed E-state index contributed by atoms with van der Waals surface area (Å²) in [6, 6.07) is 10.2. The van der Waals surface area contributed by atoms with Crippen LogP contribution >= 0.6 is 0 Å². The maximum atomic E-state index is 13.8. The van der Waals surface area contributed by atoms with E-state index in [1.807, 2.05) is 12.1 Å². The van der Waals surface area contributed by atoms with Crippen molar-refractivity contribution in [2.45, 2.75) is 25.4 Å². The summed E-state index contributed by atoms with van der Waals surface area (Å²) >= 11 is 0. The van der Waals surface area contributed by atoms with E-state index in [2.05, 4.69) is 0 Å². The van der Waals surface area contributed by atoms with E-state index >= 15 is 0 Å². The van der Waals surface area contributed by atoms with Crippen molar-refractivity contribution in [3.05, 3.63) is 47.5 Å². The molecule has 2 aromatic rings. The highest BCUT2D eigenvalue weighted by Gasteiger charge is 2.48. The number of hydrogen-bond donors (Lipinski definition) is 0. The van der Waals surface area contributed by atoms with Gasteiger partial charge < -0.3 is 4.74 Å². The maximum Gasteiger partial charge on any atom is 0.313 e. The average molecular weight is 290 g/mol. The quantitative estimate of drug-likeness (QED) is 0.753. The number of fused-ring (bicyclic) bond motifs is 2. The van der Waals surface area contributed by atoms with Crippen molar-refractivity contribution in [2.75, 3.05) is 0 Å². The Morgan fingerprint density at radius 3 is 2.48 bits per heavy atom. The molecule has 0 N–H and O–H groups in total. The third-order valence-electron chi connectivity index (χ3n) is 3.59. The number of benzene rings is 2. The van der Waals surface area contributed by atoms with Crippen LogP contribution in [0.4, 0.5) is 8.78 Å². The minimum Gasteiger partial charge on any atom is -0.457 e. The standard InChI is InChI=1S/C16H12F2O3/c1-9(19)21-14-8-16(17,18)15(20)13-7-11-5-3-2-4-10(11)6-12(13)14/h2-7,14H,8H2,1H3. The number of ether oxygens (including phenoxy) is 1. The third-order valence-corrected chi connectivity index (χ3v) is 3.59. The summed E-state index contributed by atoms with van der Waals surface area (Å²) in [4.78, 5) is 23.0. The van der Waals surface area contributed by atoms with E-state index in [0.717, 1.165) is 12.3 Å². The van der Waals surface area contributed by atoms with Gasteiger partial charge in [-0.25, -0.2) is 0 Å². The number of carbonyl (C=O) groups is 2. The van der Waals surface area contributed by atoms with Crippen LogP contribution < -0.4 is 0 Å². The molecule has 21 heavy (non-hydrogen) atoms. The van der Waals surface area contributed by atoms with E-state index in [9.17, 15) is 18.4 Å². The molecule has 108 valence electrons. The van der Waals surface area contributed by atoms with Crippen molar-refractivity contribution >= 4 is 22.5 Å². The third kappa shape index (κ3) is 2.28. The largest absolute Gasteiger partial charge is 0.457 e. The molecule has 3 nitrogen and oxygen atoms in total. The molecular formula is C16H12F2O3. The summed E-state index contributed by atoms with van der Waals surface area (Å²) in [5.41, 5.74) is 0.274. The van der Waals surface area contributed by atoms with E-state index in [4.69, 9.17) is 4.74 Å². The van der Waals surface area contributed by atoms with E-state index in [-0.39, 0.29) is 5.56 Å². The normalized spacial score (nSPS) is 20.1. The van der Waals surface area contributed by atoms with Gasteiger partial charge >= 0.3 is 11.9 Å². The second kappa shape index (κ2) is 4.62. The lowest BCUT2D eigenvalue weighted by Gasteiger charge is -2.30. The smallest absolute Gasteiger partial charge is 0.313 e. The lowest BCUT2D eigenvalue weighted by molar-refractivity contribution is -0.150. The number of esters is 1. The van der Waals surface area contributed by atoms with Gasteiger partial charge in [-0.1, -0.05) is 24.3 Å². The summed E-state index contributed by atoms with van der Waals surface area (Å²) in [5, 5.41) is 1.51. The Balaban J connectivity index is 2.22. The first-order valence-corrected chi connectivity index (χ1v) is 6.51. The van der Waals surface area contributed by atoms with E-state index in [1.54, 1.807) is 18.2 Å². The molecule has 0 aromatic heterocycles. The first-order chi connectivity index (χ1) is 9.88. The number of hydrogen-bond acceptors (Lipinski definition) is 3. The van der Waals surface area contributed by atoms with Crippen LogP contribution in [0.25, 0.3) is 10.8 Å². The summed E-state index contributed by atoms with van der Waals surface area (Å²) < 4.78 is 32.7. The van der Waals surface area contributed by atoms with Crippen molar-refractivity contribution < 1.29 is 23.1 Å². The van der Waals surface area contributed by atoms with Crippen molar-refractivity contribution in [1.29, 1.82) is 0 Å². The minimum atomic E-state index is -3.52. The molecule has 1 atom stereocenters. The molecule has 5 heteroatoms. The highest BCUT2D eigenvalue weighted by atomic mass is 19.3. The molecule has 0 bridgehead atoms. The van der Waals surface area contributed by atoms with Gasteiger partial charge in [0, 0.05) is 18.1 Å². The molecular weight excluding hydrogens is 278 g/mol. The fourth-order valence-corrected chi connectivity index (χ4v) is 2.66. The number of halogens is 2. The second-order valence-corrected chi connectivity index (χ2v) is 5.12. The number of rotatable bonds is 1. The van der Waals surface area contributed by atoms with Crippen LogP contribution in [0.2, 0.25) is 0 Å². The first kappa shape index (κ1) is 13.7. The van der Waals surface area contributed by atoms with Gasteiger partial charge in [-0.05, 0) is 22.9 Å². The van der Waals surface area contributed by atoms with Crippen LogP contribution in [0, 0.1) is 0 Å². The molecule has 0 radical (unpaired) electrons. The summed E-state index contributed by atoms with van der Waals surface area (Å²) in [5.74, 6) is -5.38. The van der Waals surface area contributed by atoms with Crippen LogP contribution in [0.1, 0.15) is 35.4 Å². The van der Waals surface area contributed by atoms with E-state index in [0.29, 0.717) is 10.9 Å². The number of alkyl halides is 2. The van der Waals surface area contributed by atoms with Crippen LogP contribution in [0.5, 0.6) is 0 Å². The minimum absolute atomic E-state index is 0.0730. The Morgan fingerprint density at radius 2 is 1.86 bits per heavy atom. The van der Waals surface area contributed by atoms with Gasteiger partial charge in [0.05, 0.1) is 6.42 Å². The van der Waals surface area contributed by atoms with Gasteiger partial charge in [-0.2, -0.15) is 8.78 Å². The van der Waals surface area contributed by atoms with E-state index < -0.39 is 30.2 Å². The Bertz CT molecular complexity index is 752. The van der Waals surface area contributed by atoms with Crippen LogP contribution in [0.15, 0.2) is 36.4 Å².